The molecule has 38 heavy (non-hydrogen) atoms. The van der Waals surface area contributed by atoms with Crippen LogP contribution < -0.4 is 4.74 Å². The minimum Gasteiger partial charge on any atom is -0.406 e. The highest BCUT2D eigenvalue weighted by Gasteiger charge is 2.31. The molecule has 10 nitrogen and oxygen atoms in total. The van der Waals surface area contributed by atoms with Crippen molar-refractivity contribution in [1.82, 2.24) is 34.7 Å². The van der Waals surface area contributed by atoms with E-state index in [2.05, 4.69) is 29.9 Å². The van der Waals surface area contributed by atoms with Crippen molar-refractivity contribution >= 4 is 5.91 Å². The fraction of sp³-hybridized carbons (Fsp3) is 0.320. The van der Waals surface area contributed by atoms with E-state index in [-0.39, 0.29) is 29.2 Å². The summed E-state index contributed by atoms with van der Waals surface area (Å²) >= 11 is 0. The molecule has 0 atom stereocenters. The third-order valence-electron chi connectivity index (χ3n) is 6.12. The molecule has 0 aliphatic carbocycles. The largest absolute Gasteiger partial charge is 0.573 e. The molecule has 1 saturated heterocycles. The maximum absolute atomic E-state index is 13.0. The van der Waals surface area contributed by atoms with E-state index in [0.717, 1.165) is 18.7 Å². The number of amides is 1. The molecule has 3 heterocycles. The molecule has 0 bridgehead atoms. The van der Waals surface area contributed by atoms with Gasteiger partial charge in [0.1, 0.15) is 11.6 Å². The number of aryl methyl sites for hydroxylation is 1. The average Bonchev–Trinajstić information content (AvgIpc) is 3.51. The number of benzene rings is 2. The Morgan fingerprint density at radius 1 is 1.03 bits per heavy atom. The minimum absolute atomic E-state index is 0.00680. The van der Waals surface area contributed by atoms with Gasteiger partial charge >= 0.3 is 6.36 Å². The Balaban J connectivity index is 1.28. The number of hydrogen-bond acceptors (Lipinski definition) is 8. The van der Waals surface area contributed by atoms with Crippen molar-refractivity contribution in [3.63, 3.8) is 0 Å². The number of alkyl halides is 3. The van der Waals surface area contributed by atoms with Gasteiger partial charge in [-0.3, -0.25) is 4.79 Å². The second-order valence-electron chi connectivity index (χ2n) is 8.93. The number of hydrogen-bond donors (Lipinski definition) is 0. The van der Waals surface area contributed by atoms with Crippen LogP contribution in [0.5, 0.6) is 5.75 Å². The van der Waals surface area contributed by atoms with Crippen molar-refractivity contribution < 1.29 is 27.2 Å². The van der Waals surface area contributed by atoms with Gasteiger partial charge in [-0.15, -0.1) is 18.3 Å². The van der Waals surface area contributed by atoms with E-state index < -0.39 is 6.36 Å². The molecular weight excluding hydrogens is 503 g/mol. The lowest BCUT2D eigenvalue weighted by atomic mass is 10.1. The normalized spacial score (nSPS) is 14.6. The lowest BCUT2D eigenvalue weighted by Gasteiger charge is -2.32. The molecule has 5 rings (SSSR count). The molecule has 0 spiro atoms. The highest BCUT2D eigenvalue weighted by Crippen LogP contribution is 2.26. The van der Waals surface area contributed by atoms with Gasteiger partial charge in [-0.05, 0) is 55.9 Å². The number of nitrogens with zero attached hydrogens (tertiary/aromatic N) is 7. The van der Waals surface area contributed by atoms with Gasteiger partial charge in [0.25, 0.3) is 11.8 Å². The van der Waals surface area contributed by atoms with E-state index in [0.29, 0.717) is 36.6 Å². The van der Waals surface area contributed by atoms with E-state index >= 15 is 0 Å². The summed E-state index contributed by atoms with van der Waals surface area (Å²) in [5.74, 6) is 0.703. The Kier molecular flexibility index (Phi) is 6.85. The number of carbonyl (C=O) groups excluding carboxylic acids is 1. The molecule has 0 unspecified atom stereocenters. The first-order chi connectivity index (χ1) is 18.1. The Morgan fingerprint density at radius 3 is 2.47 bits per heavy atom. The molecular formula is C25H24F3N7O3. The molecule has 2 aromatic heterocycles. The highest BCUT2D eigenvalue weighted by atomic mass is 19.4. The summed E-state index contributed by atoms with van der Waals surface area (Å²) < 4.78 is 48.0. The topological polar surface area (TPSA) is 102 Å². The summed E-state index contributed by atoms with van der Waals surface area (Å²) in [7, 11) is 2.04. The molecule has 13 heteroatoms. The Morgan fingerprint density at radius 2 is 1.76 bits per heavy atom. The number of piperazine rings is 1. The first-order valence-electron chi connectivity index (χ1n) is 11.8. The van der Waals surface area contributed by atoms with Crippen molar-refractivity contribution in [2.75, 3.05) is 33.2 Å². The van der Waals surface area contributed by atoms with E-state index in [4.69, 9.17) is 4.52 Å². The first-order valence-corrected chi connectivity index (χ1v) is 11.8. The zero-order chi connectivity index (χ0) is 26.9. The van der Waals surface area contributed by atoms with Crippen molar-refractivity contribution in [3.8, 4) is 28.9 Å². The molecule has 1 fully saturated rings. The second kappa shape index (κ2) is 10.2. The summed E-state index contributed by atoms with van der Waals surface area (Å²) in [6, 6.07) is 12.5. The number of carbonyl (C=O) groups is 1. The fourth-order valence-corrected chi connectivity index (χ4v) is 4.07. The Hall–Kier alpha value is -4.26. The summed E-state index contributed by atoms with van der Waals surface area (Å²) in [6.45, 7) is 5.26. The van der Waals surface area contributed by atoms with Gasteiger partial charge in [-0.25, -0.2) is 9.67 Å². The lowest BCUT2D eigenvalue weighted by Crippen LogP contribution is -2.47. The molecule has 1 aliphatic rings. The highest BCUT2D eigenvalue weighted by molar-refractivity contribution is 5.94. The standard InChI is InChI=1S/C25H24F3N7O3/c1-16-29-22(23-30-21(32-38-23)18-6-8-20(9-7-18)37-25(26,27)28)31-35(16)15-17-4-3-5-19(14-17)24(36)34-12-10-33(2)11-13-34/h3-9,14H,10-13,15H2,1-2H3. The third kappa shape index (κ3) is 5.83. The average molecular weight is 528 g/mol. The van der Waals surface area contributed by atoms with Crippen LogP contribution in [0.2, 0.25) is 0 Å². The molecule has 1 amide bonds. The zero-order valence-corrected chi connectivity index (χ0v) is 20.6. The van der Waals surface area contributed by atoms with Crippen molar-refractivity contribution in [3.05, 3.63) is 65.5 Å². The van der Waals surface area contributed by atoms with Gasteiger partial charge in [0.15, 0.2) is 0 Å². The number of likely N-dealkylation sites (N-methyl/N-ethyl adjacent to an activating group) is 1. The third-order valence-corrected chi connectivity index (χ3v) is 6.12. The number of rotatable bonds is 6. The van der Waals surface area contributed by atoms with E-state index in [1.165, 1.54) is 24.3 Å². The van der Waals surface area contributed by atoms with Crippen LogP contribution in [-0.4, -0.2) is 80.2 Å². The summed E-state index contributed by atoms with van der Waals surface area (Å²) in [5, 5.41) is 8.36. The maximum Gasteiger partial charge on any atom is 0.573 e. The quantitative estimate of drug-likeness (QED) is 0.375. The smallest absolute Gasteiger partial charge is 0.406 e. The van der Waals surface area contributed by atoms with Crippen LogP contribution in [0.3, 0.4) is 0 Å². The Bertz CT molecular complexity index is 1420. The number of aromatic nitrogens is 5. The molecule has 0 radical (unpaired) electrons. The monoisotopic (exact) mass is 527 g/mol. The Labute approximate surface area is 215 Å². The van der Waals surface area contributed by atoms with Crippen LogP contribution in [0.25, 0.3) is 23.1 Å². The summed E-state index contributed by atoms with van der Waals surface area (Å²) in [5.41, 5.74) is 1.95. The molecule has 2 aromatic carbocycles. The molecule has 0 saturated carbocycles. The van der Waals surface area contributed by atoms with E-state index in [1.54, 1.807) is 11.6 Å². The number of halogens is 3. The van der Waals surface area contributed by atoms with Gasteiger partial charge in [0.2, 0.25) is 11.6 Å². The van der Waals surface area contributed by atoms with Crippen molar-refractivity contribution in [1.29, 1.82) is 0 Å². The van der Waals surface area contributed by atoms with Crippen LogP contribution in [0, 0.1) is 6.92 Å². The molecule has 1 aliphatic heterocycles. The van der Waals surface area contributed by atoms with Gasteiger partial charge in [0.05, 0.1) is 6.54 Å². The predicted molar refractivity (Wildman–Crippen MR) is 129 cm³/mol. The molecule has 4 aromatic rings. The fourth-order valence-electron chi connectivity index (χ4n) is 4.07. The molecule has 0 N–H and O–H groups in total. The van der Waals surface area contributed by atoms with Crippen LogP contribution in [0.4, 0.5) is 13.2 Å². The van der Waals surface area contributed by atoms with Crippen LogP contribution in [-0.2, 0) is 6.54 Å². The summed E-state index contributed by atoms with van der Waals surface area (Å²) in [4.78, 5) is 25.7. The lowest BCUT2D eigenvalue weighted by molar-refractivity contribution is -0.274. The van der Waals surface area contributed by atoms with Crippen LogP contribution in [0.1, 0.15) is 21.7 Å². The van der Waals surface area contributed by atoms with Gasteiger partial charge in [0, 0.05) is 37.3 Å². The summed E-state index contributed by atoms with van der Waals surface area (Å²) in [6.07, 6.45) is -4.77. The van der Waals surface area contributed by atoms with Crippen molar-refractivity contribution in [2.24, 2.45) is 0 Å². The van der Waals surface area contributed by atoms with Gasteiger partial charge < -0.3 is 19.1 Å². The SMILES string of the molecule is Cc1nc(-c2nc(-c3ccc(OC(F)(F)F)cc3)no2)nn1Cc1cccc(C(=O)N2CCN(C)CC2)c1. The number of ether oxygens (including phenoxy) is 1. The predicted octanol–water partition coefficient (Wildman–Crippen LogP) is 3.64. The maximum atomic E-state index is 13.0. The first kappa shape index (κ1) is 25.4. The van der Waals surface area contributed by atoms with Gasteiger partial charge in [-0.2, -0.15) is 4.98 Å². The van der Waals surface area contributed by atoms with Gasteiger partial charge in [-0.1, -0.05) is 17.3 Å². The van der Waals surface area contributed by atoms with E-state index in [1.807, 2.05) is 36.2 Å². The minimum atomic E-state index is -4.77. The second-order valence-corrected chi connectivity index (χ2v) is 8.93. The van der Waals surface area contributed by atoms with E-state index in [9.17, 15) is 18.0 Å². The zero-order valence-electron chi connectivity index (χ0n) is 20.6. The molecule has 198 valence electrons. The van der Waals surface area contributed by atoms with Crippen LogP contribution >= 0.6 is 0 Å². The van der Waals surface area contributed by atoms with Crippen LogP contribution in [0.15, 0.2) is 53.1 Å². The van der Waals surface area contributed by atoms with Crippen molar-refractivity contribution in [2.45, 2.75) is 19.8 Å².